The molecule has 6 heteroatoms. The molecule has 2 rings (SSSR count). The highest BCUT2D eigenvalue weighted by molar-refractivity contribution is 7.86. The van der Waals surface area contributed by atoms with Gasteiger partial charge in [-0.3, -0.25) is 4.79 Å². The van der Waals surface area contributed by atoms with E-state index in [0.29, 0.717) is 11.1 Å². The fourth-order valence-corrected chi connectivity index (χ4v) is 3.88. The summed E-state index contributed by atoms with van der Waals surface area (Å²) in [5.41, 5.74) is -0.356. The van der Waals surface area contributed by atoms with Gasteiger partial charge < -0.3 is 18.8 Å². The largest absolute Gasteiger partial charge is 0.496 e. The van der Waals surface area contributed by atoms with Gasteiger partial charge in [-0.05, 0) is 0 Å². The van der Waals surface area contributed by atoms with Gasteiger partial charge in [-0.2, -0.15) is 0 Å². The molecule has 5 nitrogen and oxygen atoms in total. The van der Waals surface area contributed by atoms with Gasteiger partial charge in [0.1, 0.15) is 22.8 Å². The summed E-state index contributed by atoms with van der Waals surface area (Å²) in [5.74, 6) is 1.02. The molecule has 0 aliphatic rings. The molecule has 1 unspecified atom stereocenters. The molecule has 0 saturated heterocycles. The van der Waals surface area contributed by atoms with E-state index in [0.717, 1.165) is 0 Å². The first-order valence-corrected chi connectivity index (χ1v) is 9.09. The third kappa shape index (κ3) is 3.25. The average molecular weight is 334 g/mol. The minimum Gasteiger partial charge on any atom is -0.496 e. The van der Waals surface area contributed by atoms with Crippen LogP contribution in [0.3, 0.4) is 0 Å². The summed E-state index contributed by atoms with van der Waals surface area (Å²) in [6, 6.07) is 11.8. The van der Waals surface area contributed by atoms with E-state index in [1.165, 1.54) is 28.0 Å². The fourth-order valence-electron chi connectivity index (χ4n) is 2.26. The highest BCUT2D eigenvalue weighted by Gasteiger charge is 2.34. The van der Waals surface area contributed by atoms with Gasteiger partial charge in [0.05, 0.1) is 21.3 Å². The number of carbonyl (C=O) groups is 1. The molecule has 0 saturated carbocycles. The van der Waals surface area contributed by atoms with Crippen molar-refractivity contribution in [3.8, 4) is 17.2 Å². The summed E-state index contributed by atoms with van der Waals surface area (Å²) in [6.07, 6.45) is 0. The van der Waals surface area contributed by atoms with Crippen molar-refractivity contribution in [3.63, 3.8) is 0 Å². The molecule has 0 aromatic heterocycles. The van der Waals surface area contributed by atoms with Crippen molar-refractivity contribution >= 4 is 18.0 Å². The van der Waals surface area contributed by atoms with E-state index in [-0.39, 0.29) is 17.1 Å². The van der Waals surface area contributed by atoms with Crippen LogP contribution in [0.25, 0.3) is 0 Å². The maximum atomic E-state index is 13.1. The Morgan fingerprint density at radius 3 is 1.87 bits per heavy atom. The van der Waals surface area contributed by atoms with Crippen LogP contribution in [0.2, 0.25) is 0 Å². The molecule has 0 heterocycles. The summed E-state index contributed by atoms with van der Waals surface area (Å²) in [7, 11) is 1.08. The Hall–Kier alpha value is -2.26. The van der Waals surface area contributed by atoms with Crippen LogP contribution in [0.15, 0.2) is 42.5 Å². The molecule has 1 atom stereocenters. The van der Waals surface area contributed by atoms with E-state index in [9.17, 15) is 9.36 Å². The van der Waals surface area contributed by atoms with E-state index >= 15 is 0 Å². The third-order valence-corrected chi connectivity index (χ3v) is 5.85. The number of methoxy groups -OCH3 is 3. The summed E-state index contributed by atoms with van der Waals surface area (Å²) in [5, 5.41) is 0.491. The molecular weight excluding hydrogens is 315 g/mol. The minimum absolute atomic E-state index is 0.158. The van der Waals surface area contributed by atoms with Crippen molar-refractivity contribution in [1.82, 2.24) is 0 Å². The molecule has 0 radical (unpaired) electrons. The number of hydrogen-bond donors (Lipinski definition) is 0. The molecule has 23 heavy (non-hydrogen) atoms. The lowest BCUT2D eigenvalue weighted by atomic mass is 10.2. The number of benzene rings is 2. The molecule has 0 aliphatic heterocycles. The van der Waals surface area contributed by atoms with Crippen LogP contribution in [-0.4, -0.2) is 33.5 Å². The van der Waals surface area contributed by atoms with Crippen LogP contribution in [0.5, 0.6) is 17.2 Å². The van der Waals surface area contributed by atoms with E-state index < -0.39 is 12.7 Å². The average Bonchev–Trinajstić information content (AvgIpc) is 2.60. The SMILES string of the molecule is COc1cc(OC)c(C(=O)P(C)(=O)c2ccccc2)c(OC)c1. The lowest BCUT2D eigenvalue weighted by Gasteiger charge is -2.18. The number of hydrogen-bond acceptors (Lipinski definition) is 5. The zero-order chi connectivity index (χ0) is 17.0. The molecule has 0 fully saturated rings. The Morgan fingerprint density at radius 1 is 0.913 bits per heavy atom. The second kappa shape index (κ2) is 6.88. The summed E-state index contributed by atoms with van der Waals surface area (Å²) in [4.78, 5) is 13.0. The van der Waals surface area contributed by atoms with Crippen molar-refractivity contribution in [2.45, 2.75) is 0 Å². The first kappa shape index (κ1) is 17.1. The third-order valence-electron chi connectivity index (χ3n) is 3.57. The maximum absolute atomic E-state index is 13.1. The van der Waals surface area contributed by atoms with Crippen LogP contribution in [-0.2, 0) is 4.57 Å². The predicted molar refractivity (Wildman–Crippen MR) is 90.0 cm³/mol. The van der Waals surface area contributed by atoms with Crippen molar-refractivity contribution in [3.05, 3.63) is 48.0 Å². The second-order valence-corrected chi connectivity index (χ2v) is 7.74. The van der Waals surface area contributed by atoms with Crippen LogP contribution in [0, 0.1) is 0 Å². The molecule has 0 spiro atoms. The summed E-state index contributed by atoms with van der Waals surface area (Å²) < 4.78 is 28.8. The van der Waals surface area contributed by atoms with E-state index in [1.807, 2.05) is 6.07 Å². The molecule has 122 valence electrons. The summed E-state index contributed by atoms with van der Waals surface area (Å²) in [6.45, 7) is 1.45. The Bertz CT molecular complexity index is 730. The lowest BCUT2D eigenvalue weighted by Crippen LogP contribution is -2.14. The van der Waals surface area contributed by atoms with Crippen molar-refractivity contribution in [1.29, 1.82) is 0 Å². The minimum atomic E-state index is -3.30. The first-order chi connectivity index (χ1) is 11.0. The molecular formula is C17H19O5P. The second-order valence-electron chi connectivity index (χ2n) is 4.97. The maximum Gasteiger partial charge on any atom is 0.232 e. The van der Waals surface area contributed by atoms with Gasteiger partial charge in [0, 0.05) is 24.1 Å². The Labute approximate surface area is 135 Å². The Kier molecular flexibility index (Phi) is 5.12. The van der Waals surface area contributed by atoms with Gasteiger partial charge in [0.2, 0.25) is 5.52 Å². The Morgan fingerprint density at radius 2 is 1.43 bits per heavy atom. The van der Waals surface area contributed by atoms with Gasteiger partial charge in [0.15, 0.2) is 7.14 Å². The molecule has 0 amide bonds. The van der Waals surface area contributed by atoms with E-state index in [1.54, 1.807) is 36.4 Å². The van der Waals surface area contributed by atoms with Crippen LogP contribution < -0.4 is 19.5 Å². The standard InChI is InChI=1S/C17H19O5P/c1-20-12-10-14(21-2)16(15(11-12)22-3)17(18)23(4,19)13-8-6-5-7-9-13/h5-11H,1-4H3. The number of ether oxygens (including phenoxy) is 3. The van der Waals surface area contributed by atoms with E-state index in [2.05, 4.69) is 0 Å². The molecule has 2 aromatic carbocycles. The monoisotopic (exact) mass is 334 g/mol. The van der Waals surface area contributed by atoms with Gasteiger partial charge in [0.25, 0.3) is 0 Å². The first-order valence-electron chi connectivity index (χ1n) is 6.93. The lowest BCUT2D eigenvalue weighted by molar-refractivity contribution is 0.107. The predicted octanol–water partition coefficient (Wildman–Crippen LogP) is 3.17. The zero-order valence-electron chi connectivity index (χ0n) is 13.5. The van der Waals surface area contributed by atoms with Crippen molar-refractivity contribution < 1.29 is 23.6 Å². The van der Waals surface area contributed by atoms with Crippen LogP contribution in [0.1, 0.15) is 10.4 Å². The topological polar surface area (TPSA) is 61.8 Å². The smallest absolute Gasteiger partial charge is 0.232 e. The van der Waals surface area contributed by atoms with Crippen LogP contribution in [0.4, 0.5) is 0 Å². The van der Waals surface area contributed by atoms with Crippen LogP contribution >= 0.6 is 7.14 Å². The van der Waals surface area contributed by atoms with E-state index in [4.69, 9.17) is 14.2 Å². The quantitative estimate of drug-likeness (QED) is 0.759. The highest BCUT2D eigenvalue weighted by atomic mass is 31.2. The zero-order valence-corrected chi connectivity index (χ0v) is 14.4. The van der Waals surface area contributed by atoms with Gasteiger partial charge in [-0.25, -0.2) is 0 Å². The van der Waals surface area contributed by atoms with Gasteiger partial charge in [-0.15, -0.1) is 0 Å². The normalized spacial score (nSPS) is 13.0. The molecule has 2 aromatic rings. The number of carbonyl (C=O) groups excluding carboxylic acids is 1. The molecule has 0 aliphatic carbocycles. The number of rotatable bonds is 6. The van der Waals surface area contributed by atoms with Crippen molar-refractivity contribution in [2.24, 2.45) is 0 Å². The van der Waals surface area contributed by atoms with Crippen molar-refractivity contribution in [2.75, 3.05) is 28.0 Å². The molecule has 0 N–H and O–H groups in total. The highest BCUT2D eigenvalue weighted by Crippen LogP contribution is 2.48. The Balaban J connectivity index is 2.61. The summed E-state index contributed by atoms with van der Waals surface area (Å²) >= 11 is 0. The van der Waals surface area contributed by atoms with Gasteiger partial charge >= 0.3 is 0 Å². The molecule has 0 bridgehead atoms. The fraction of sp³-hybridized carbons (Fsp3) is 0.235. The van der Waals surface area contributed by atoms with Gasteiger partial charge in [-0.1, -0.05) is 30.3 Å².